The Kier molecular flexibility index (Phi) is 15.9. The van der Waals surface area contributed by atoms with E-state index >= 15 is 0 Å². The molecule has 63 heavy (non-hydrogen) atoms. The molecule has 0 bridgehead atoms. The van der Waals surface area contributed by atoms with E-state index in [1.54, 1.807) is 0 Å². The van der Waals surface area contributed by atoms with Gasteiger partial charge in [0.05, 0.1) is 33.6 Å². The summed E-state index contributed by atoms with van der Waals surface area (Å²) in [7, 11) is 0. The zero-order chi connectivity index (χ0) is 46.6. The van der Waals surface area contributed by atoms with Gasteiger partial charge in [0.15, 0.2) is 0 Å². The smallest absolute Gasteiger partial charge is 0.304 e. The third-order valence-electron chi connectivity index (χ3n) is 7.57. The Labute approximate surface area is 353 Å². The number of aromatic nitrogens is 4. The first-order valence-corrected chi connectivity index (χ1v) is 16.1. The SMILES string of the molecule is FC(F)(F)c1ccnc(-c2cc(C(F)(F)F)ccn2)c1.Fc1cc(C(F)(F)F)c[c-]c1-c1ccc(C(F)(F)F)cn1.Fc1cc(C(F)(F)F)c[c-]c1-c1ccc(C(F)(F)F)cn1.[Ir+3]. The molecule has 4 aromatic heterocycles. The van der Waals surface area contributed by atoms with Crippen LogP contribution in [-0.4, -0.2) is 19.9 Å². The number of alkyl halides is 18. The molecule has 0 saturated carbocycles. The van der Waals surface area contributed by atoms with Crippen LogP contribution in [0.2, 0.25) is 0 Å². The Morgan fingerprint density at radius 2 is 0.635 bits per heavy atom. The monoisotopic (exact) mass is 1100 g/mol. The predicted octanol–water partition coefficient (Wildman–Crippen LogP) is 13.6. The Bertz CT molecular complexity index is 2280. The molecule has 0 saturated heterocycles. The second-order valence-corrected chi connectivity index (χ2v) is 11.9. The molecule has 25 heteroatoms. The summed E-state index contributed by atoms with van der Waals surface area (Å²) in [6.45, 7) is 0. The van der Waals surface area contributed by atoms with E-state index in [0.717, 1.165) is 36.7 Å². The molecular weight excluding hydrogens is 1080 g/mol. The Morgan fingerprint density at radius 1 is 0.333 bits per heavy atom. The van der Waals surface area contributed by atoms with Crippen molar-refractivity contribution in [1.29, 1.82) is 0 Å². The Hall–Kier alpha value is -5.71. The summed E-state index contributed by atoms with van der Waals surface area (Å²) in [5.74, 6) is -2.53. The van der Waals surface area contributed by atoms with Crippen LogP contribution in [0.25, 0.3) is 33.9 Å². The molecule has 0 atom stereocenters. The minimum Gasteiger partial charge on any atom is -0.304 e. The molecule has 0 aliphatic heterocycles. The first kappa shape index (κ1) is 51.6. The summed E-state index contributed by atoms with van der Waals surface area (Å²) in [6.07, 6.45) is -25.2. The molecule has 0 amide bonds. The fourth-order valence-corrected chi connectivity index (χ4v) is 4.57. The summed E-state index contributed by atoms with van der Waals surface area (Å²) >= 11 is 0. The summed E-state index contributed by atoms with van der Waals surface area (Å²) in [5.41, 5.74) is -8.46. The number of nitrogens with zero attached hydrogens (tertiary/aromatic N) is 4. The molecule has 2 aromatic carbocycles. The van der Waals surface area contributed by atoms with E-state index < -0.39 is 93.2 Å². The number of rotatable bonds is 3. The number of pyridine rings is 4. The van der Waals surface area contributed by atoms with Gasteiger partial charge in [-0.2, -0.15) is 79.0 Å². The molecular formula is C38H16F20IrN4+. The first-order chi connectivity index (χ1) is 28.4. The average Bonchev–Trinajstić information content (AvgIpc) is 3.16. The number of benzene rings is 2. The maximum absolute atomic E-state index is 13.6. The number of hydrogen-bond acceptors (Lipinski definition) is 4. The predicted molar refractivity (Wildman–Crippen MR) is 174 cm³/mol. The van der Waals surface area contributed by atoms with Crippen molar-refractivity contribution in [3.63, 3.8) is 0 Å². The van der Waals surface area contributed by atoms with Crippen LogP contribution in [0.4, 0.5) is 87.8 Å². The molecule has 0 spiro atoms. The standard InChI is InChI=1S/2C13H5F7N.C12H6F6N2.Ir/c2*14-10-5-7(12(15,16)17)1-3-9(10)11-4-2-8(6-21-11)13(18,19)20;13-11(14,15)7-1-3-19-9(5-7)10-6-8(2-4-20-10)12(16,17)18;/h2*1-2,4-6H;1-6H;/q2*-1;;+3. The second kappa shape index (κ2) is 19.4. The molecule has 6 rings (SSSR count). The first-order valence-electron chi connectivity index (χ1n) is 16.1. The van der Waals surface area contributed by atoms with Crippen molar-refractivity contribution in [2.45, 2.75) is 37.1 Å². The summed E-state index contributed by atoms with van der Waals surface area (Å²) in [4.78, 5) is 14.0. The van der Waals surface area contributed by atoms with Gasteiger partial charge in [-0.25, -0.2) is 0 Å². The van der Waals surface area contributed by atoms with Gasteiger partial charge < -0.3 is 9.97 Å². The van der Waals surface area contributed by atoms with Gasteiger partial charge in [-0.05, 0) is 46.8 Å². The van der Waals surface area contributed by atoms with Crippen LogP contribution < -0.4 is 0 Å². The molecule has 0 radical (unpaired) electrons. The summed E-state index contributed by atoms with van der Waals surface area (Å²) in [6, 6.07) is 11.4. The summed E-state index contributed by atoms with van der Waals surface area (Å²) < 4.78 is 251. The molecule has 0 aliphatic carbocycles. The number of halogens is 20. The van der Waals surface area contributed by atoms with Crippen LogP contribution in [-0.2, 0) is 57.2 Å². The minimum absolute atomic E-state index is 0. The fourth-order valence-electron chi connectivity index (χ4n) is 4.57. The van der Waals surface area contributed by atoms with Crippen LogP contribution in [0.5, 0.6) is 0 Å². The second-order valence-electron chi connectivity index (χ2n) is 11.9. The molecule has 6 aromatic rings. The van der Waals surface area contributed by atoms with Crippen LogP contribution in [0.1, 0.15) is 33.4 Å². The zero-order valence-corrected chi connectivity index (χ0v) is 32.3. The maximum Gasteiger partial charge on any atom is 3.00 e. The minimum atomic E-state index is -4.73. The third kappa shape index (κ3) is 14.1. The van der Waals surface area contributed by atoms with Gasteiger partial charge in [0, 0.05) is 36.4 Å². The zero-order valence-electron chi connectivity index (χ0n) is 29.9. The van der Waals surface area contributed by atoms with Crippen LogP contribution in [0.3, 0.4) is 0 Å². The normalized spacial score (nSPS) is 12.3. The third-order valence-corrected chi connectivity index (χ3v) is 7.57. The Morgan fingerprint density at radius 3 is 0.873 bits per heavy atom. The van der Waals surface area contributed by atoms with Gasteiger partial charge in [-0.1, -0.05) is 47.5 Å². The van der Waals surface area contributed by atoms with Crippen molar-refractivity contribution >= 4 is 0 Å². The molecule has 0 fully saturated rings. The average molecular weight is 1100 g/mol. The fraction of sp³-hybridized carbons (Fsp3) is 0.158. The van der Waals surface area contributed by atoms with Crippen molar-refractivity contribution in [1.82, 2.24) is 19.9 Å². The van der Waals surface area contributed by atoms with Crippen molar-refractivity contribution in [3.8, 4) is 33.9 Å². The van der Waals surface area contributed by atoms with E-state index in [4.69, 9.17) is 0 Å². The van der Waals surface area contributed by atoms with E-state index in [9.17, 15) is 87.8 Å². The van der Waals surface area contributed by atoms with Gasteiger partial charge in [-0.15, -0.1) is 24.3 Å². The molecule has 0 unspecified atom stereocenters. The van der Waals surface area contributed by atoms with Crippen LogP contribution in [0, 0.1) is 23.8 Å². The van der Waals surface area contributed by atoms with Gasteiger partial charge in [-0.3, -0.25) is 18.7 Å². The van der Waals surface area contributed by atoms with E-state index in [0.29, 0.717) is 48.8 Å². The van der Waals surface area contributed by atoms with Crippen LogP contribution in [0.15, 0.2) is 97.6 Å². The molecule has 0 N–H and O–H groups in total. The molecule has 4 heterocycles. The van der Waals surface area contributed by atoms with Crippen molar-refractivity contribution in [2.75, 3.05) is 0 Å². The summed E-state index contributed by atoms with van der Waals surface area (Å²) in [5, 5.41) is 0. The largest absolute Gasteiger partial charge is 3.00 e. The van der Waals surface area contributed by atoms with E-state index in [2.05, 4.69) is 19.9 Å². The van der Waals surface area contributed by atoms with Gasteiger partial charge >= 0.3 is 57.2 Å². The number of hydrogen-bond donors (Lipinski definition) is 0. The van der Waals surface area contributed by atoms with Gasteiger partial charge in [0.2, 0.25) is 0 Å². The molecule has 336 valence electrons. The quantitative estimate of drug-likeness (QED) is 0.131. The van der Waals surface area contributed by atoms with E-state index in [-0.39, 0.29) is 55.0 Å². The van der Waals surface area contributed by atoms with Crippen LogP contribution >= 0.6 is 0 Å². The van der Waals surface area contributed by atoms with Crippen molar-refractivity contribution < 1.29 is 108 Å². The molecule has 4 nitrogen and oxygen atoms in total. The topological polar surface area (TPSA) is 51.6 Å². The Balaban J connectivity index is 0.000000250. The van der Waals surface area contributed by atoms with E-state index in [1.807, 2.05) is 12.1 Å². The van der Waals surface area contributed by atoms with Gasteiger partial charge in [0.1, 0.15) is 0 Å². The maximum atomic E-state index is 13.6. The van der Waals surface area contributed by atoms with Gasteiger partial charge in [0.25, 0.3) is 0 Å². The van der Waals surface area contributed by atoms with Crippen molar-refractivity contribution in [3.05, 3.63) is 155 Å². The van der Waals surface area contributed by atoms with E-state index in [1.165, 1.54) is 0 Å². The molecule has 0 aliphatic rings. The van der Waals surface area contributed by atoms with Crippen molar-refractivity contribution in [2.24, 2.45) is 0 Å².